The summed E-state index contributed by atoms with van der Waals surface area (Å²) < 4.78 is 11.7. The van der Waals surface area contributed by atoms with E-state index in [1.165, 1.54) is 11.1 Å². The second-order valence-electron chi connectivity index (χ2n) is 6.33. The van der Waals surface area contributed by atoms with E-state index in [-0.39, 0.29) is 12.2 Å². The topological polar surface area (TPSA) is 30.5 Å². The number of ether oxygens (including phenoxy) is 2. The molecule has 3 unspecified atom stereocenters. The van der Waals surface area contributed by atoms with Gasteiger partial charge >= 0.3 is 0 Å². The Morgan fingerprint density at radius 2 is 2.10 bits per heavy atom. The third kappa shape index (κ3) is 3.78. The molecule has 118 valence electrons. The molecule has 3 heteroatoms. The summed E-state index contributed by atoms with van der Waals surface area (Å²) >= 11 is 0. The van der Waals surface area contributed by atoms with Crippen molar-refractivity contribution in [1.29, 1.82) is 0 Å². The van der Waals surface area contributed by atoms with Crippen LogP contribution in [0.5, 0.6) is 5.75 Å². The van der Waals surface area contributed by atoms with Crippen molar-refractivity contribution in [2.45, 2.75) is 64.7 Å². The summed E-state index contributed by atoms with van der Waals surface area (Å²) in [5.41, 5.74) is 2.69. The molecule has 1 aromatic carbocycles. The van der Waals surface area contributed by atoms with E-state index in [1.807, 2.05) is 0 Å². The summed E-state index contributed by atoms with van der Waals surface area (Å²) in [4.78, 5) is 0. The normalized spacial score (nSPS) is 25.0. The van der Waals surface area contributed by atoms with Gasteiger partial charge in [0.15, 0.2) is 0 Å². The van der Waals surface area contributed by atoms with Crippen LogP contribution < -0.4 is 10.1 Å². The molecule has 0 amide bonds. The minimum absolute atomic E-state index is 0.154. The molecular formula is C18H29NO2. The van der Waals surface area contributed by atoms with Crippen LogP contribution in [-0.4, -0.2) is 31.9 Å². The first-order valence-corrected chi connectivity index (χ1v) is 8.10. The molecular weight excluding hydrogens is 262 g/mol. The molecule has 0 saturated heterocycles. The van der Waals surface area contributed by atoms with Crippen LogP contribution in [0, 0.1) is 6.92 Å². The summed E-state index contributed by atoms with van der Waals surface area (Å²) in [6.07, 6.45) is 2.48. The minimum atomic E-state index is 0.154. The van der Waals surface area contributed by atoms with Gasteiger partial charge in [-0.25, -0.2) is 0 Å². The van der Waals surface area contributed by atoms with Gasteiger partial charge in [0.25, 0.3) is 0 Å². The monoisotopic (exact) mass is 291 g/mol. The quantitative estimate of drug-likeness (QED) is 0.832. The summed E-state index contributed by atoms with van der Waals surface area (Å²) in [6, 6.07) is 6.84. The van der Waals surface area contributed by atoms with Crippen molar-refractivity contribution in [3.05, 3.63) is 29.3 Å². The molecule has 0 bridgehead atoms. The zero-order valence-electron chi connectivity index (χ0n) is 14.0. The van der Waals surface area contributed by atoms with E-state index >= 15 is 0 Å². The molecule has 3 atom stereocenters. The molecule has 0 radical (unpaired) electrons. The van der Waals surface area contributed by atoms with Gasteiger partial charge in [0.2, 0.25) is 0 Å². The molecule has 21 heavy (non-hydrogen) atoms. The van der Waals surface area contributed by atoms with Crippen LogP contribution in [0.15, 0.2) is 18.2 Å². The van der Waals surface area contributed by atoms with Gasteiger partial charge in [0, 0.05) is 19.6 Å². The molecule has 2 rings (SSSR count). The van der Waals surface area contributed by atoms with Gasteiger partial charge in [-0.3, -0.25) is 0 Å². The maximum absolute atomic E-state index is 6.11. The van der Waals surface area contributed by atoms with Gasteiger partial charge in [-0.1, -0.05) is 26.8 Å². The molecule has 0 aliphatic heterocycles. The third-order valence-corrected chi connectivity index (χ3v) is 4.33. The lowest BCUT2D eigenvalue weighted by molar-refractivity contribution is -0.0887. The van der Waals surface area contributed by atoms with E-state index in [1.54, 1.807) is 7.11 Å². The molecule has 0 heterocycles. The van der Waals surface area contributed by atoms with E-state index in [0.29, 0.717) is 12.0 Å². The lowest BCUT2D eigenvalue weighted by atomic mass is 9.85. The first-order chi connectivity index (χ1) is 10.1. The Bertz CT molecular complexity index is 459. The molecule has 3 nitrogen and oxygen atoms in total. The number of methoxy groups -OCH3 is 1. The smallest absolute Gasteiger partial charge is 0.128 e. The van der Waals surface area contributed by atoms with Crippen molar-refractivity contribution >= 4 is 0 Å². The van der Waals surface area contributed by atoms with E-state index < -0.39 is 0 Å². The fourth-order valence-corrected chi connectivity index (χ4v) is 3.09. The zero-order chi connectivity index (χ0) is 15.4. The highest BCUT2D eigenvalue weighted by atomic mass is 16.5. The highest BCUT2D eigenvalue weighted by Gasteiger charge is 2.42. The van der Waals surface area contributed by atoms with Gasteiger partial charge in [0.05, 0.1) is 0 Å². The Kier molecular flexibility index (Phi) is 5.65. The highest BCUT2D eigenvalue weighted by molar-refractivity contribution is 5.36. The number of hydrogen-bond acceptors (Lipinski definition) is 3. The number of aryl methyl sites for hydroxylation is 1. The van der Waals surface area contributed by atoms with Crippen molar-refractivity contribution in [2.75, 3.05) is 13.7 Å². The predicted octanol–water partition coefficient (Wildman–Crippen LogP) is 3.65. The molecule has 0 spiro atoms. The maximum atomic E-state index is 6.11. The number of nitrogens with one attached hydrogen (secondary N) is 1. The van der Waals surface area contributed by atoms with Crippen LogP contribution in [0.2, 0.25) is 0 Å². The van der Waals surface area contributed by atoms with Crippen molar-refractivity contribution in [2.24, 2.45) is 0 Å². The van der Waals surface area contributed by atoms with E-state index in [9.17, 15) is 0 Å². The van der Waals surface area contributed by atoms with E-state index in [0.717, 1.165) is 25.1 Å². The summed E-state index contributed by atoms with van der Waals surface area (Å²) in [5.74, 6) is 1.51. The molecule has 1 aromatic rings. The molecule has 1 saturated carbocycles. The Morgan fingerprint density at radius 3 is 2.67 bits per heavy atom. The average Bonchev–Trinajstić information content (AvgIpc) is 2.42. The fraction of sp³-hybridized carbons (Fsp3) is 0.667. The van der Waals surface area contributed by atoms with Gasteiger partial charge in [0.1, 0.15) is 18.0 Å². The van der Waals surface area contributed by atoms with Crippen molar-refractivity contribution in [3.8, 4) is 5.75 Å². The molecule has 1 fully saturated rings. The molecule has 1 N–H and O–H groups in total. The zero-order valence-corrected chi connectivity index (χ0v) is 14.0. The van der Waals surface area contributed by atoms with Gasteiger partial charge in [-0.15, -0.1) is 0 Å². The van der Waals surface area contributed by atoms with Crippen LogP contribution >= 0.6 is 0 Å². The van der Waals surface area contributed by atoms with Crippen molar-refractivity contribution in [1.82, 2.24) is 5.32 Å². The molecule has 1 aliphatic carbocycles. The van der Waals surface area contributed by atoms with Crippen molar-refractivity contribution < 1.29 is 9.47 Å². The Hall–Kier alpha value is -1.06. The second kappa shape index (κ2) is 7.28. The van der Waals surface area contributed by atoms with E-state index in [2.05, 4.69) is 51.2 Å². The lowest BCUT2D eigenvalue weighted by Gasteiger charge is -2.43. The largest absolute Gasteiger partial charge is 0.488 e. The molecule has 1 aliphatic rings. The molecule has 0 aromatic heterocycles. The SMILES string of the molecule is CCCNC1CC(Oc2ccc(C(C)C)c(C)c2)C1OC. The van der Waals surface area contributed by atoms with E-state index in [4.69, 9.17) is 9.47 Å². The Morgan fingerprint density at radius 1 is 1.33 bits per heavy atom. The number of hydrogen-bond donors (Lipinski definition) is 1. The first kappa shape index (κ1) is 16.3. The minimum Gasteiger partial charge on any atom is -0.488 e. The van der Waals surface area contributed by atoms with Crippen LogP contribution in [0.4, 0.5) is 0 Å². The van der Waals surface area contributed by atoms with Crippen molar-refractivity contribution in [3.63, 3.8) is 0 Å². The van der Waals surface area contributed by atoms with Crippen LogP contribution in [0.1, 0.15) is 50.7 Å². The fourth-order valence-electron chi connectivity index (χ4n) is 3.09. The van der Waals surface area contributed by atoms with Gasteiger partial charge in [-0.2, -0.15) is 0 Å². The first-order valence-electron chi connectivity index (χ1n) is 8.10. The van der Waals surface area contributed by atoms with Crippen LogP contribution in [0.3, 0.4) is 0 Å². The summed E-state index contributed by atoms with van der Waals surface area (Å²) in [6.45, 7) is 9.82. The highest BCUT2D eigenvalue weighted by Crippen LogP contribution is 2.30. The second-order valence-corrected chi connectivity index (χ2v) is 6.33. The Balaban J connectivity index is 1.95. The van der Waals surface area contributed by atoms with Crippen LogP contribution in [-0.2, 0) is 4.74 Å². The number of rotatable bonds is 7. The van der Waals surface area contributed by atoms with Gasteiger partial charge < -0.3 is 14.8 Å². The summed E-state index contributed by atoms with van der Waals surface area (Å²) in [7, 11) is 1.77. The van der Waals surface area contributed by atoms with Gasteiger partial charge in [-0.05, 0) is 49.1 Å². The summed E-state index contributed by atoms with van der Waals surface area (Å²) in [5, 5.41) is 3.52. The average molecular weight is 291 g/mol. The van der Waals surface area contributed by atoms with Crippen LogP contribution in [0.25, 0.3) is 0 Å². The lowest BCUT2D eigenvalue weighted by Crippen LogP contribution is -2.61. The maximum Gasteiger partial charge on any atom is 0.128 e. The number of benzene rings is 1. The predicted molar refractivity (Wildman–Crippen MR) is 87.2 cm³/mol. The Labute approximate surface area is 129 Å². The standard InChI is InChI=1S/C18H29NO2/c1-6-9-19-16-11-17(18(16)20-5)21-14-7-8-15(12(2)3)13(4)10-14/h7-8,10,12,16-19H,6,9,11H2,1-5H3. The third-order valence-electron chi connectivity index (χ3n) is 4.33.